The SMILES string of the molecule is [C-]#[N+]/C(C#N)=C1\C(=c2\cc3s/c(=C/c4cc5c(s4)-c4cc6c(cc4C5(c4ccc(CCCCCC)cc4)c4ccc(CCCCCC)cc4)-c4sc(/C=c5\cc7s/c(=C8/C(=O)c9cc(F)c(F)cc9/C8=C(/C#N)[N+]#[C-])cc7s5)cc4C6(c4ccc(CCCCCC)cc4)c4ccc(CCCCCC)cc4)cc3s2)C(=O)c2cc(F)c(F)cc21. The Morgan fingerprint density at radius 3 is 0.958 bits per heavy atom. The Morgan fingerprint density at radius 2 is 0.669 bits per heavy atom. The van der Waals surface area contributed by atoms with Crippen molar-refractivity contribution in [1.82, 2.24) is 0 Å². The van der Waals surface area contributed by atoms with Gasteiger partial charge in [0.05, 0.1) is 36.1 Å². The first-order chi connectivity index (χ1) is 57.6. The Labute approximate surface area is 709 Å². The third-order valence-corrected chi connectivity index (χ3v) is 30.9. The summed E-state index contributed by atoms with van der Waals surface area (Å²) in [4.78, 5) is 40.0. The third kappa shape index (κ3) is 14.1. The molecular formula is C102H82F4N4O2S6. The molecule has 0 unspecified atom stereocenters. The van der Waals surface area contributed by atoms with Crippen LogP contribution in [0.4, 0.5) is 17.6 Å². The van der Waals surface area contributed by atoms with E-state index in [0.29, 0.717) is 9.06 Å². The second kappa shape index (κ2) is 33.6. The Kier molecular flexibility index (Phi) is 22.7. The van der Waals surface area contributed by atoms with Gasteiger partial charge >= 0.3 is 0 Å². The summed E-state index contributed by atoms with van der Waals surface area (Å²) in [5, 5.41) is 20.4. The van der Waals surface area contributed by atoms with Crippen LogP contribution < -0.4 is 18.1 Å². The molecule has 0 atom stereocenters. The predicted octanol–water partition coefficient (Wildman–Crippen LogP) is 26.2. The molecule has 0 saturated heterocycles. The van der Waals surface area contributed by atoms with E-state index in [2.05, 4.69) is 183 Å². The van der Waals surface area contributed by atoms with Gasteiger partial charge in [0.15, 0.2) is 34.8 Å². The highest BCUT2D eigenvalue weighted by molar-refractivity contribution is 7.27. The van der Waals surface area contributed by atoms with Gasteiger partial charge in [-0.2, -0.15) is 0 Å². The summed E-state index contributed by atoms with van der Waals surface area (Å²) in [6.07, 6.45) is 27.0. The fourth-order valence-electron chi connectivity index (χ4n) is 18.4. The molecule has 0 spiro atoms. The average molecular weight is 1660 g/mol. The van der Waals surface area contributed by atoms with E-state index < -0.39 is 45.7 Å². The van der Waals surface area contributed by atoms with Crippen LogP contribution in [0.2, 0.25) is 0 Å². The fraction of sp³-hybridized carbons (Fsp3) is 0.255. The molecule has 6 nitrogen and oxygen atoms in total. The normalized spacial score (nSPS) is 16.1. The Morgan fingerprint density at radius 1 is 0.364 bits per heavy atom. The summed E-state index contributed by atoms with van der Waals surface area (Å²) in [6, 6.07) is 63.6. The number of ketones is 2. The number of nitriles is 2. The molecule has 7 aromatic carbocycles. The average Bonchev–Trinajstić information content (AvgIpc) is 1.50. The number of fused-ring (bicyclic) bond motifs is 10. The van der Waals surface area contributed by atoms with Crippen LogP contribution in [-0.2, 0) is 36.5 Å². The zero-order valence-electron chi connectivity index (χ0n) is 66.0. The van der Waals surface area contributed by atoms with Crippen molar-refractivity contribution < 1.29 is 27.2 Å². The van der Waals surface area contributed by atoms with Crippen LogP contribution in [0.3, 0.4) is 0 Å². The van der Waals surface area contributed by atoms with Crippen LogP contribution in [0, 0.1) is 59.1 Å². The minimum absolute atomic E-state index is 0.0174. The van der Waals surface area contributed by atoms with E-state index in [1.165, 1.54) is 162 Å². The molecule has 0 radical (unpaired) electrons. The molecule has 13 aromatic rings. The molecule has 16 heteroatoms. The lowest BCUT2D eigenvalue weighted by molar-refractivity contribution is 0.105. The molecule has 586 valence electrons. The number of Topliss-reactive ketones (excluding diaryl/α,β-unsaturated/α-hetero) is 2. The number of hydrogen-bond donors (Lipinski definition) is 0. The predicted molar refractivity (Wildman–Crippen MR) is 480 cm³/mol. The molecule has 0 bridgehead atoms. The van der Waals surface area contributed by atoms with Crippen LogP contribution >= 0.6 is 68.0 Å². The van der Waals surface area contributed by atoms with Crippen LogP contribution in [0.5, 0.6) is 0 Å². The molecule has 17 rings (SSSR count). The maximum absolute atomic E-state index is 15.0. The van der Waals surface area contributed by atoms with Crippen LogP contribution in [0.15, 0.2) is 181 Å². The first-order valence-electron chi connectivity index (χ1n) is 41.1. The molecule has 0 saturated carbocycles. The topological polar surface area (TPSA) is 90.4 Å². The minimum atomic E-state index is -1.18. The Bertz CT molecular complexity index is 6140. The van der Waals surface area contributed by atoms with Gasteiger partial charge in [-0.05, 0) is 225 Å². The van der Waals surface area contributed by atoms with Crippen molar-refractivity contribution >= 4 is 133 Å². The van der Waals surface area contributed by atoms with E-state index in [0.717, 1.165) is 139 Å². The van der Waals surface area contributed by atoms with E-state index >= 15 is 0 Å². The molecule has 0 amide bonds. The molecule has 4 aliphatic carbocycles. The van der Waals surface area contributed by atoms with Gasteiger partial charge < -0.3 is 0 Å². The number of aryl methyl sites for hydroxylation is 4. The standard InChI is InChI=1S/C102H82F4N4O2S6/c1-7-11-15-19-23-59-27-35-63(36-28-59)101(64-37-29-60(30-38-64)24-20-16-12-8-2)77-49-76-78(50-75(77)99-79(101)45-67(115-99)43-69-47-87-89(113-69)55-91(117-87)95-93(85(57-107)109-5)71-51-81(103)83(105)53-73(71)97(95)111)102(65-39-31-61(32-40-65)25-21-17-13-9-3,66-41-33-62(34-42-66)26-22-18-14-10-4)80-46-68(116-100(76)80)44-70-48-88-90(114-70)56-92(118-88)96-94(86(58-108)110-6)72-52-82(104)84(106)54-74(72)98(96)112/h27-56H,7-26H2,1-4H3/b69-43+,70-44+,93-85-,94-86+,95-91+,96-92+. The van der Waals surface area contributed by atoms with Gasteiger partial charge in [0.25, 0.3) is 11.4 Å². The van der Waals surface area contributed by atoms with Crippen molar-refractivity contribution in [2.45, 2.75) is 167 Å². The van der Waals surface area contributed by atoms with Crippen molar-refractivity contribution in [1.29, 1.82) is 10.5 Å². The van der Waals surface area contributed by atoms with Crippen molar-refractivity contribution in [2.75, 3.05) is 0 Å². The first-order valence-corrected chi connectivity index (χ1v) is 46.0. The van der Waals surface area contributed by atoms with Gasteiger partial charge in [-0.25, -0.2) is 37.8 Å². The Balaban J connectivity index is 0.888. The van der Waals surface area contributed by atoms with Crippen molar-refractivity contribution in [3.05, 3.63) is 344 Å². The Hall–Kier alpha value is -10.8. The van der Waals surface area contributed by atoms with Crippen molar-refractivity contribution in [2.24, 2.45) is 0 Å². The van der Waals surface area contributed by atoms with Crippen molar-refractivity contribution in [3.8, 4) is 33.0 Å². The van der Waals surface area contributed by atoms with Crippen LogP contribution in [0.25, 0.3) is 83.8 Å². The number of allylic oxidation sites excluding steroid dienone is 4. The smallest absolute Gasteiger partial charge is 0.270 e. The quantitative estimate of drug-likeness (QED) is 0.0234. The summed E-state index contributed by atoms with van der Waals surface area (Å²) >= 11 is 9.47. The number of halogens is 4. The summed E-state index contributed by atoms with van der Waals surface area (Å²) in [7, 11) is 0. The number of carbonyl (C=O) groups is 2. The molecular weight excluding hydrogens is 1580 g/mol. The molecule has 6 aromatic heterocycles. The number of unbranched alkanes of at least 4 members (excludes halogenated alkanes) is 12. The van der Waals surface area contributed by atoms with Gasteiger partial charge in [0.2, 0.25) is 0 Å². The number of rotatable bonds is 26. The maximum atomic E-state index is 15.0. The second-order valence-corrected chi connectivity index (χ2v) is 38.0. The lowest BCUT2D eigenvalue weighted by Gasteiger charge is -2.35. The lowest BCUT2D eigenvalue weighted by Crippen LogP contribution is -2.30. The number of thiophene rings is 6. The van der Waals surface area contributed by atoms with Crippen LogP contribution in [-0.4, -0.2) is 11.6 Å². The van der Waals surface area contributed by atoms with E-state index in [4.69, 9.17) is 13.1 Å². The fourth-order valence-corrected chi connectivity index (χ4v) is 25.7. The highest BCUT2D eigenvalue weighted by Crippen LogP contribution is 2.65. The molecule has 118 heavy (non-hydrogen) atoms. The highest BCUT2D eigenvalue weighted by Gasteiger charge is 2.53. The number of carbonyl (C=O) groups excluding carboxylic acids is 2. The van der Waals surface area contributed by atoms with Gasteiger partial charge in [-0.15, -0.1) is 68.0 Å². The zero-order chi connectivity index (χ0) is 81.7. The summed E-state index contributed by atoms with van der Waals surface area (Å²) in [6.45, 7) is 24.8. The van der Waals surface area contributed by atoms with E-state index in [-0.39, 0.29) is 55.9 Å². The number of benzene rings is 7. The molecule has 4 aliphatic rings. The van der Waals surface area contributed by atoms with Crippen LogP contribution in [0.1, 0.15) is 239 Å². The molecule has 0 aliphatic heterocycles. The number of hydrogen-bond acceptors (Lipinski definition) is 10. The monoisotopic (exact) mass is 1660 g/mol. The molecule has 0 N–H and O–H groups in total. The molecule has 6 heterocycles. The van der Waals surface area contributed by atoms with E-state index in [9.17, 15) is 37.7 Å². The van der Waals surface area contributed by atoms with Crippen molar-refractivity contribution in [3.63, 3.8) is 0 Å². The van der Waals surface area contributed by atoms with Gasteiger partial charge in [-0.3, -0.25) is 9.59 Å². The maximum Gasteiger partial charge on any atom is 0.270 e. The third-order valence-electron chi connectivity index (χ3n) is 24.1. The second-order valence-electron chi connectivity index (χ2n) is 31.4. The van der Waals surface area contributed by atoms with Gasteiger partial charge in [0.1, 0.15) is 0 Å². The summed E-state index contributed by atoms with van der Waals surface area (Å²) in [5.41, 5.74) is 14.8. The largest absolute Gasteiger partial charge is 0.289 e. The lowest BCUT2D eigenvalue weighted by atomic mass is 9.65. The zero-order valence-corrected chi connectivity index (χ0v) is 70.9. The summed E-state index contributed by atoms with van der Waals surface area (Å²) in [5.74, 6) is -5.83. The molecule has 0 fully saturated rings. The van der Waals surface area contributed by atoms with Gasteiger partial charge in [0, 0.05) is 89.9 Å². The number of nitrogens with zero attached hydrogens (tertiary/aromatic N) is 4. The van der Waals surface area contributed by atoms with E-state index in [1.807, 2.05) is 24.3 Å². The van der Waals surface area contributed by atoms with E-state index in [1.54, 1.807) is 45.3 Å². The summed E-state index contributed by atoms with van der Waals surface area (Å²) < 4.78 is 66.2. The highest BCUT2D eigenvalue weighted by atomic mass is 32.1. The minimum Gasteiger partial charge on any atom is -0.289 e. The first kappa shape index (κ1) is 79.7. The van der Waals surface area contributed by atoms with Gasteiger partial charge in [-0.1, -0.05) is 202 Å².